The minimum Gasteiger partial charge on any atom is -0.367 e. The number of halogens is 1. The smallest absolute Gasteiger partial charge is 0.243 e. The van der Waals surface area contributed by atoms with Gasteiger partial charge in [-0.05, 0) is 37.1 Å². The van der Waals surface area contributed by atoms with Gasteiger partial charge >= 0.3 is 0 Å². The minimum absolute atomic E-state index is 0.166. The van der Waals surface area contributed by atoms with Gasteiger partial charge in [-0.1, -0.05) is 30.3 Å². The van der Waals surface area contributed by atoms with Crippen molar-refractivity contribution >= 4 is 21.6 Å². The third-order valence-electron chi connectivity index (χ3n) is 4.55. The number of carbonyl (C=O) groups is 1. The van der Waals surface area contributed by atoms with Crippen LogP contribution in [0.25, 0.3) is 0 Å². The van der Waals surface area contributed by atoms with Crippen molar-refractivity contribution in [1.29, 1.82) is 0 Å². The molecule has 1 amide bonds. The lowest BCUT2D eigenvalue weighted by atomic mass is 10.2. The second kappa shape index (κ2) is 8.49. The van der Waals surface area contributed by atoms with Gasteiger partial charge in [0.15, 0.2) is 0 Å². The third kappa shape index (κ3) is 4.84. The van der Waals surface area contributed by atoms with E-state index in [1.54, 1.807) is 0 Å². The molecule has 1 aliphatic heterocycles. The lowest BCUT2D eigenvalue weighted by molar-refractivity contribution is -0.120. The van der Waals surface area contributed by atoms with E-state index in [0.29, 0.717) is 6.54 Å². The van der Waals surface area contributed by atoms with Crippen LogP contribution in [0.15, 0.2) is 59.5 Å². The number of sulfonamides is 1. The summed E-state index contributed by atoms with van der Waals surface area (Å²) in [5, 5.41) is 2.76. The fourth-order valence-corrected chi connectivity index (χ4v) is 4.26. The summed E-state index contributed by atoms with van der Waals surface area (Å²) in [6.07, 6.45) is 1.99. The molecule has 27 heavy (non-hydrogen) atoms. The Hall–Kier alpha value is -2.45. The molecule has 1 heterocycles. The number of hydrogen-bond donors (Lipinski definition) is 2. The van der Waals surface area contributed by atoms with Gasteiger partial charge in [0.25, 0.3) is 0 Å². The third-order valence-corrected chi connectivity index (χ3v) is 5.98. The molecule has 6 nitrogen and oxygen atoms in total. The van der Waals surface area contributed by atoms with E-state index < -0.39 is 33.2 Å². The van der Waals surface area contributed by atoms with Crippen LogP contribution in [0.3, 0.4) is 0 Å². The molecule has 1 fully saturated rings. The van der Waals surface area contributed by atoms with Crippen LogP contribution in [0.1, 0.15) is 12.8 Å². The van der Waals surface area contributed by atoms with Gasteiger partial charge in [0, 0.05) is 24.8 Å². The molecule has 1 saturated heterocycles. The highest BCUT2D eigenvalue weighted by Crippen LogP contribution is 2.24. The first-order chi connectivity index (χ1) is 13.0. The highest BCUT2D eigenvalue weighted by molar-refractivity contribution is 7.89. The van der Waals surface area contributed by atoms with Crippen LogP contribution < -0.4 is 14.9 Å². The second-order valence-corrected chi connectivity index (χ2v) is 8.12. The minimum atomic E-state index is -4.07. The zero-order chi connectivity index (χ0) is 19.3. The normalized spacial score (nSPS) is 17.1. The average molecular weight is 391 g/mol. The highest BCUT2D eigenvalue weighted by atomic mass is 32.2. The first kappa shape index (κ1) is 19.3. The standard InChI is InChI=1S/C19H22FN3O3S/c20-17-10-4-5-11-18(17)27(25,26)22-14-19(24)21-13-16-9-6-12-23(16)15-7-2-1-3-8-15/h1-5,7-8,10-11,16,22H,6,9,12-14H2,(H,21,24). The molecular formula is C19H22FN3O3S. The average Bonchev–Trinajstić information content (AvgIpc) is 3.14. The van der Waals surface area contributed by atoms with Crippen LogP contribution in [0.5, 0.6) is 0 Å². The summed E-state index contributed by atoms with van der Waals surface area (Å²) >= 11 is 0. The van der Waals surface area contributed by atoms with Crippen LogP contribution in [-0.2, 0) is 14.8 Å². The van der Waals surface area contributed by atoms with Gasteiger partial charge < -0.3 is 10.2 Å². The van der Waals surface area contributed by atoms with Gasteiger partial charge in [-0.3, -0.25) is 4.79 Å². The summed E-state index contributed by atoms with van der Waals surface area (Å²) in [6.45, 7) is 0.911. The largest absolute Gasteiger partial charge is 0.367 e. The Morgan fingerprint density at radius 3 is 2.56 bits per heavy atom. The van der Waals surface area contributed by atoms with Gasteiger partial charge in [0.1, 0.15) is 10.7 Å². The van der Waals surface area contributed by atoms with Crippen molar-refractivity contribution in [2.75, 3.05) is 24.5 Å². The zero-order valence-electron chi connectivity index (χ0n) is 14.8. The SMILES string of the molecule is O=C(CNS(=O)(=O)c1ccccc1F)NCC1CCCN1c1ccccc1. The summed E-state index contributed by atoms with van der Waals surface area (Å²) in [7, 11) is -4.07. The number of amides is 1. The molecule has 1 unspecified atom stereocenters. The van der Waals surface area contributed by atoms with E-state index in [9.17, 15) is 17.6 Å². The Labute approximate surface area is 158 Å². The van der Waals surface area contributed by atoms with Crippen molar-refractivity contribution < 1.29 is 17.6 Å². The number of hydrogen-bond acceptors (Lipinski definition) is 4. The Kier molecular flexibility index (Phi) is 6.08. The quantitative estimate of drug-likeness (QED) is 0.756. The van der Waals surface area contributed by atoms with Gasteiger partial charge in [-0.15, -0.1) is 0 Å². The zero-order valence-corrected chi connectivity index (χ0v) is 15.6. The number of nitrogens with one attached hydrogen (secondary N) is 2. The van der Waals surface area contributed by atoms with Gasteiger partial charge in [0.2, 0.25) is 15.9 Å². The number of benzene rings is 2. The summed E-state index contributed by atoms with van der Waals surface area (Å²) in [4.78, 5) is 13.8. The fraction of sp³-hybridized carbons (Fsp3) is 0.316. The Bertz CT molecular complexity index is 890. The van der Waals surface area contributed by atoms with E-state index in [1.165, 1.54) is 12.1 Å². The first-order valence-electron chi connectivity index (χ1n) is 8.80. The van der Waals surface area contributed by atoms with Crippen LogP contribution >= 0.6 is 0 Å². The molecule has 3 rings (SSSR count). The fourth-order valence-electron chi connectivity index (χ4n) is 3.20. The topological polar surface area (TPSA) is 78.5 Å². The maximum atomic E-state index is 13.6. The van der Waals surface area contributed by atoms with E-state index >= 15 is 0 Å². The summed E-state index contributed by atoms with van der Waals surface area (Å²) < 4.78 is 40.0. The molecule has 2 aromatic rings. The molecular weight excluding hydrogens is 369 g/mol. The van der Waals surface area contributed by atoms with Crippen LogP contribution in [-0.4, -0.2) is 40.0 Å². The predicted molar refractivity (Wildman–Crippen MR) is 101 cm³/mol. The van der Waals surface area contributed by atoms with E-state index in [2.05, 4.69) is 14.9 Å². The predicted octanol–water partition coefficient (Wildman–Crippen LogP) is 1.89. The second-order valence-electron chi connectivity index (χ2n) is 6.38. The van der Waals surface area contributed by atoms with Crippen molar-refractivity contribution in [3.05, 3.63) is 60.4 Å². The monoisotopic (exact) mass is 391 g/mol. The highest BCUT2D eigenvalue weighted by Gasteiger charge is 2.25. The lowest BCUT2D eigenvalue weighted by Gasteiger charge is -2.27. The van der Waals surface area contributed by atoms with Crippen LogP contribution in [0, 0.1) is 5.82 Å². The summed E-state index contributed by atoms with van der Waals surface area (Å²) in [5.41, 5.74) is 1.11. The molecule has 2 N–H and O–H groups in total. The van der Waals surface area contributed by atoms with Crippen LogP contribution in [0.2, 0.25) is 0 Å². The summed E-state index contributed by atoms with van der Waals surface area (Å²) in [6, 6.07) is 15.2. The van der Waals surface area contributed by atoms with E-state index in [4.69, 9.17) is 0 Å². The lowest BCUT2D eigenvalue weighted by Crippen LogP contribution is -2.43. The molecule has 0 bridgehead atoms. The maximum absolute atomic E-state index is 13.6. The van der Waals surface area contributed by atoms with Gasteiger partial charge in [-0.2, -0.15) is 0 Å². The van der Waals surface area contributed by atoms with Crippen molar-refractivity contribution in [2.24, 2.45) is 0 Å². The van der Waals surface area contributed by atoms with Crippen molar-refractivity contribution in [3.8, 4) is 0 Å². The molecule has 1 aliphatic rings. The molecule has 0 saturated carbocycles. The molecule has 144 valence electrons. The molecule has 0 spiro atoms. The number of nitrogens with zero attached hydrogens (tertiary/aromatic N) is 1. The number of anilines is 1. The first-order valence-corrected chi connectivity index (χ1v) is 10.3. The van der Waals surface area contributed by atoms with E-state index in [0.717, 1.165) is 37.2 Å². The molecule has 2 aromatic carbocycles. The maximum Gasteiger partial charge on any atom is 0.243 e. The Balaban J connectivity index is 1.52. The van der Waals surface area contributed by atoms with Crippen molar-refractivity contribution in [3.63, 3.8) is 0 Å². The van der Waals surface area contributed by atoms with Crippen molar-refractivity contribution in [2.45, 2.75) is 23.8 Å². The molecule has 8 heteroatoms. The van der Waals surface area contributed by atoms with Crippen LogP contribution in [0.4, 0.5) is 10.1 Å². The number of carbonyl (C=O) groups excluding carboxylic acids is 1. The molecule has 0 aliphatic carbocycles. The van der Waals surface area contributed by atoms with Gasteiger partial charge in [0.05, 0.1) is 6.54 Å². The Morgan fingerprint density at radius 1 is 1.11 bits per heavy atom. The van der Waals surface area contributed by atoms with Crippen molar-refractivity contribution in [1.82, 2.24) is 10.0 Å². The molecule has 0 radical (unpaired) electrons. The molecule has 0 aromatic heterocycles. The number of rotatable bonds is 7. The summed E-state index contributed by atoms with van der Waals surface area (Å²) in [5.74, 6) is -1.30. The number of para-hydroxylation sites is 1. The van der Waals surface area contributed by atoms with E-state index in [-0.39, 0.29) is 6.04 Å². The molecule has 1 atom stereocenters. The van der Waals surface area contributed by atoms with E-state index in [1.807, 2.05) is 30.3 Å². The van der Waals surface area contributed by atoms with Gasteiger partial charge in [-0.25, -0.2) is 17.5 Å². The Morgan fingerprint density at radius 2 is 1.81 bits per heavy atom.